The van der Waals surface area contributed by atoms with Crippen LogP contribution in [0.4, 0.5) is 0 Å². The maximum Gasteiger partial charge on any atom is 3.00 e. The quantitative estimate of drug-likeness (QED) is 0.469. The van der Waals surface area contributed by atoms with Gasteiger partial charge in [-0.25, -0.2) is 6.08 Å². The topological polar surface area (TPSA) is 0 Å². The van der Waals surface area contributed by atoms with E-state index in [4.69, 9.17) is 0 Å². The van der Waals surface area contributed by atoms with Crippen molar-refractivity contribution in [1.82, 2.24) is 0 Å². The third-order valence-corrected chi connectivity index (χ3v) is 2.52. The van der Waals surface area contributed by atoms with Gasteiger partial charge in [-0.1, -0.05) is 44.4 Å². The molecule has 0 spiro atoms. The Morgan fingerprint density at radius 3 is 2.44 bits per heavy atom. The largest absolute Gasteiger partial charge is 3.00 e. The van der Waals surface area contributed by atoms with Gasteiger partial charge in [0.25, 0.3) is 0 Å². The number of fused-ring (bicyclic) bond motifs is 1. The minimum atomic E-state index is 0. The van der Waals surface area contributed by atoms with Crippen molar-refractivity contribution in [3.63, 3.8) is 0 Å². The molecule has 1 aliphatic rings. The van der Waals surface area contributed by atoms with Crippen LogP contribution in [-0.4, -0.2) is 0 Å². The molecule has 0 heterocycles. The van der Waals surface area contributed by atoms with Crippen LogP contribution >= 0.6 is 0 Å². The maximum atomic E-state index is 3.43. The van der Waals surface area contributed by atoms with Gasteiger partial charge in [-0.15, -0.1) is 11.6 Å². The SMILES string of the molecule is CC(C)CC1[C-]=Cc2ccccc21.[Br-].[Br-].[Zr+3]. The molecule has 0 nitrogen and oxygen atoms in total. The average Bonchev–Trinajstić information content (AvgIpc) is 2.48. The van der Waals surface area contributed by atoms with E-state index in [0.29, 0.717) is 5.92 Å². The second-order valence-electron chi connectivity index (χ2n) is 4.12. The summed E-state index contributed by atoms with van der Waals surface area (Å²) in [6, 6.07) is 8.60. The molecule has 0 saturated carbocycles. The zero-order valence-electron chi connectivity index (χ0n) is 9.50. The van der Waals surface area contributed by atoms with Crippen molar-refractivity contribution in [2.75, 3.05) is 0 Å². The molecule has 0 aliphatic heterocycles. The molecule has 1 aromatic rings. The van der Waals surface area contributed by atoms with Crippen LogP contribution in [-0.2, 0) is 26.2 Å². The molecule has 1 unspecified atom stereocenters. The van der Waals surface area contributed by atoms with Crippen LogP contribution in [0.15, 0.2) is 24.3 Å². The van der Waals surface area contributed by atoms with Crippen LogP contribution in [0.25, 0.3) is 6.08 Å². The Morgan fingerprint density at radius 1 is 1.19 bits per heavy atom. The van der Waals surface area contributed by atoms with Gasteiger partial charge >= 0.3 is 26.2 Å². The fourth-order valence-corrected chi connectivity index (χ4v) is 1.91. The van der Waals surface area contributed by atoms with E-state index in [1.54, 1.807) is 0 Å². The monoisotopic (exact) mass is 419 g/mol. The molecule has 0 bridgehead atoms. The smallest absolute Gasteiger partial charge is 1.00 e. The predicted molar refractivity (Wildman–Crippen MR) is 56.3 cm³/mol. The van der Waals surface area contributed by atoms with Crippen LogP contribution in [0.3, 0.4) is 0 Å². The summed E-state index contributed by atoms with van der Waals surface area (Å²) in [5.41, 5.74) is 2.81. The minimum absolute atomic E-state index is 0. The second-order valence-corrected chi connectivity index (χ2v) is 4.12. The normalized spacial score (nSPS) is 15.8. The van der Waals surface area contributed by atoms with E-state index in [2.05, 4.69) is 50.3 Å². The minimum Gasteiger partial charge on any atom is -1.00 e. The molecule has 85 valence electrons. The molecule has 0 saturated heterocycles. The molecule has 2 rings (SSSR count). The van der Waals surface area contributed by atoms with E-state index in [-0.39, 0.29) is 60.2 Å². The Bertz CT molecular complexity index is 334. The number of allylic oxidation sites excluding steroid dienone is 1. The predicted octanol–water partition coefficient (Wildman–Crippen LogP) is -2.35. The molecule has 3 heteroatoms. The Balaban J connectivity index is 0. The van der Waals surface area contributed by atoms with Gasteiger partial charge in [0.2, 0.25) is 0 Å². The van der Waals surface area contributed by atoms with Gasteiger partial charge < -0.3 is 34.0 Å². The number of rotatable bonds is 2. The Hall–Kier alpha value is 0.803. The van der Waals surface area contributed by atoms with Gasteiger partial charge in [0.05, 0.1) is 0 Å². The molecule has 16 heavy (non-hydrogen) atoms. The van der Waals surface area contributed by atoms with E-state index in [9.17, 15) is 0 Å². The van der Waals surface area contributed by atoms with E-state index < -0.39 is 0 Å². The third kappa shape index (κ3) is 4.58. The summed E-state index contributed by atoms with van der Waals surface area (Å²) in [5, 5.41) is 0. The molecule has 1 aliphatic carbocycles. The number of hydrogen-bond acceptors (Lipinski definition) is 0. The van der Waals surface area contributed by atoms with E-state index in [1.807, 2.05) is 0 Å². The van der Waals surface area contributed by atoms with Gasteiger partial charge in [-0.05, 0) is 5.92 Å². The molecule has 0 amide bonds. The number of halogens is 2. The molecule has 1 radical (unpaired) electrons. The van der Waals surface area contributed by atoms with Crippen molar-refractivity contribution in [1.29, 1.82) is 0 Å². The molecule has 0 fully saturated rings. The van der Waals surface area contributed by atoms with Crippen molar-refractivity contribution < 1.29 is 60.2 Å². The van der Waals surface area contributed by atoms with Crippen molar-refractivity contribution in [2.45, 2.75) is 26.2 Å². The summed E-state index contributed by atoms with van der Waals surface area (Å²) >= 11 is 0. The molecule has 1 aromatic carbocycles. The van der Waals surface area contributed by atoms with Gasteiger partial charge in [-0.2, -0.15) is 5.56 Å². The Kier molecular flexibility index (Phi) is 10.6. The zero-order valence-corrected chi connectivity index (χ0v) is 15.1. The summed E-state index contributed by atoms with van der Waals surface area (Å²) in [6.07, 6.45) is 6.77. The van der Waals surface area contributed by atoms with Crippen molar-refractivity contribution in [2.24, 2.45) is 5.92 Å². The van der Waals surface area contributed by atoms with Crippen molar-refractivity contribution in [3.05, 3.63) is 41.5 Å². The van der Waals surface area contributed by atoms with Crippen LogP contribution in [0.2, 0.25) is 0 Å². The van der Waals surface area contributed by atoms with E-state index in [1.165, 1.54) is 17.5 Å². The molecular weight excluding hydrogens is 407 g/mol. The summed E-state index contributed by atoms with van der Waals surface area (Å²) in [7, 11) is 0. The molecule has 0 N–H and O–H groups in total. The van der Waals surface area contributed by atoms with Gasteiger partial charge in [0, 0.05) is 0 Å². The van der Waals surface area contributed by atoms with Crippen LogP contribution in [0.1, 0.15) is 37.3 Å². The first kappa shape index (κ1) is 19.2. The van der Waals surface area contributed by atoms with Crippen molar-refractivity contribution >= 4 is 6.08 Å². The van der Waals surface area contributed by atoms with Gasteiger partial charge in [0.15, 0.2) is 0 Å². The Morgan fingerprint density at radius 2 is 1.81 bits per heavy atom. The maximum absolute atomic E-state index is 3.43. The van der Waals surface area contributed by atoms with Crippen molar-refractivity contribution in [3.8, 4) is 0 Å². The molecular formula is C13H15Br2Zr. The fraction of sp³-hybridized carbons (Fsp3) is 0.385. The average molecular weight is 422 g/mol. The first-order valence-electron chi connectivity index (χ1n) is 4.95. The third-order valence-electron chi connectivity index (χ3n) is 2.52. The first-order chi connectivity index (χ1) is 6.27. The van der Waals surface area contributed by atoms with Gasteiger partial charge in [0.1, 0.15) is 0 Å². The summed E-state index contributed by atoms with van der Waals surface area (Å²) in [5.74, 6) is 1.29. The van der Waals surface area contributed by atoms with E-state index in [0.717, 1.165) is 5.92 Å². The van der Waals surface area contributed by atoms with Crippen LogP contribution in [0.5, 0.6) is 0 Å². The zero-order chi connectivity index (χ0) is 9.26. The fourth-order valence-electron chi connectivity index (χ4n) is 1.91. The summed E-state index contributed by atoms with van der Waals surface area (Å²) in [4.78, 5) is 0. The summed E-state index contributed by atoms with van der Waals surface area (Å²) in [6.45, 7) is 4.53. The Labute approximate surface area is 139 Å². The number of hydrogen-bond donors (Lipinski definition) is 0. The summed E-state index contributed by atoms with van der Waals surface area (Å²) < 4.78 is 0. The second kappa shape index (κ2) is 8.83. The standard InChI is InChI=1S/C13H15.2BrH.Zr/c1-10(2)9-12-8-7-11-5-3-4-6-13(11)12;;;/h3-7,10,12H,9H2,1-2H3;2*1H;/q-1;;;+3/p-2. The van der Waals surface area contributed by atoms with Crippen LogP contribution < -0.4 is 34.0 Å². The number of benzene rings is 1. The van der Waals surface area contributed by atoms with E-state index >= 15 is 0 Å². The first-order valence-corrected chi connectivity index (χ1v) is 4.95. The molecule has 1 atom stereocenters. The van der Waals surface area contributed by atoms with Crippen LogP contribution in [0, 0.1) is 12.0 Å². The van der Waals surface area contributed by atoms with Gasteiger partial charge in [-0.3, -0.25) is 6.08 Å². The molecule has 0 aromatic heterocycles.